The molecule has 1 aromatic heterocycles. The molecule has 0 unspecified atom stereocenters. The summed E-state index contributed by atoms with van der Waals surface area (Å²) in [6.07, 6.45) is 7.11. The molecule has 0 bridgehead atoms. The molecule has 0 aliphatic heterocycles. The van der Waals surface area contributed by atoms with E-state index in [2.05, 4.69) is 37.9 Å². The highest BCUT2D eigenvalue weighted by atomic mass is 127. The summed E-state index contributed by atoms with van der Waals surface area (Å²) in [5, 5.41) is 3.22. The maximum atomic E-state index is 5.50. The standard InChI is InChI=1S/C10H14IN3O/c1-15-10(3-2-4-10)7-14-9-12-5-8(11)6-13-9/h5-6H,2-4,7H2,1H3,(H,12,13,14). The largest absolute Gasteiger partial charge is 0.376 e. The third kappa shape index (κ3) is 2.57. The number of nitrogens with zero attached hydrogens (tertiary/aromatic N) is 2. The first kappa shape index (κ1) is 11.1. The lowest BCUT2D eigenvalue weighted by atomic mass is 9.80. The summed E-state index contributed by atoms with van der Waals surface area (Å²) in [5.41, 5.74) is 0.0202. The number of nitrogens with one attached hydrogen (secondary N) is 1. The molecule has 1 aromatic rings. The van der Waals surface area contributed by atoms with Gasteiger partial charge in [-0.25, -0.2) is 9.97 Å². The molecule has 0 saturated heterocycles. The molecule has 0 aromatic carbocycles. The zero-order chi connectivity index (χ0) is 10.7. The molecule has 5 heteroatoms. The normalized spacial score (nSPS) is 18.3. The number of methoxy groups -OCH3 is 1. The number of hydrogen-bond acceptors (Lipinski definition) is 4. The van der Waals surface area contributed by atoms with E-state index < -0.39 is 0 Å². The summed E-state index contributed by atoms with van der Waals surface area (Å²) in [6.45, 7) is 0.796. The average molecular weight is 319 g/mol. The van der Waals surface area contributed by atoms with Crippen molar-refractivity contribution >= 4 is 28.5 Å². The maximum Gasteiger partial charge on any atom is 0.222 e. The first-order chi connectivity index (χ1) is 7.24. The van der Waals surface area contributed by atoms with Crippen molar-refractivity contribution in [3.8, 4) is 0 Å². The van der Waals surface area contributed by atoms with Crippen molar-refractivity contribution < 1.29 is 4.74 Å². The van der Waals surface area contributed by atoms with Crippen molar-refractivity contribution in [2.75, 3.05) is 19.0 Å². The quantitative estimate of drug-likeness (QED) is 0.863. The van der Waals surface area contributed by atoms with Crippen LogP contribution >= 0.6 is 22.6 Å². The Bertz CT molecular complexity index is 318. The Hall–Kier alpha value is -0.430. The van der Waals surface area contributed by atoms with Gasteiger partial charge in [0, 0.05) is 29.6 Å². The van der Waals surface area contributed by atoms with Gasteiger partial charge >= 0.3 is 0 Å². The molecule has 1 heterocycles. The Morgan fingerprint density at radius 1 is 1.47 bits per heavy atom. The van der Waals surface area contributed by atoms with Gasteiger partial charge in [-0.2, -0.15) is 0 Å². The number of hydrogen-bond donors (Lipinski definition) is 1. The van der Waals surface area contributed by atoms with Crippen molar-refractivity contribution in [2.24, 2.45) is 0 Å². The van der Waals surface area contributed by atoms with Crippen LogP contribution in [0.25, 0.3) is 0 Å². The fraction of sp³-hybridized carbons (Fsp3) is 0.600. The van der Waals surface area contributed by atoms with Crippen LogP contribution < -0.4 is 5.32 Å². The van der Waals surface area contributed by atoms with Gasteiger partial charge < -0.3 is 10.1 Å². The topological polar surface area (TPSA) is 47.0 Å². The summed E-state index contributed by atoms with van der Waals surface area (Å²) in [7, 11) is 1.77. The van der Waals surface area contributed by atoms with Gasteiger partial charge in [0.25, 0.3) is 0 Å². The van der Waals surface area contributed by atoms with E-state index in [-0.39, 0.29) is 5.60 Å². The van der Waals surface area contributed by atoms with Gasteiger partial charge in [-0.05, 0) is 41.9 Å². The maximum absolute atomic E-state index is 5.50. The lowest BCUT2D eigenvalue weighted by Crippen LogP contribution is -2.45. The van der Waals surface area contributed by atoms with Gasteiger partial charge in [0.05, 0.1) is 5.60 Å². The second-order valence-electron chi connectivity index (χ2n) is 3.82. The van der Waals surface area contributed by atoms with E-state index in [1.807, 2.05) is 0 Å². The van der Waals surface area contributed by atoms with E-state index in [9.17, 15) is 0 Å². The molecule has 1 fully saturated rings. The molecule has 0 atom stereocenters. The van der Waals surface area contributed by atoms with E-state index in [1.54, 1.807) is 19.5 Å². The van der Waals surface area contributed by atoms with Crippen molar-refractivity contribution in [3.63, 3.8) is 0 Å². The number of halogens is 1. The summed E-state index contributed by atoms with van der Waals surface area (Å²) in [4.78, 5) is 8.38. The fourth-order valence-electron chi connectivity index (χ4n) is 1.67. The Labute approximate surface area is 103 Å². The fourth-order valence-corrected chi connectivity index (χ4v) is 1.95. The molecule has 1 N–H and O–H groups in total. The molecule has 82 valence electrons. The summed E-state index contributed by atoms with van der Waals surface area (Å²) in [5.74, 6) is 0.679. The zero-order valence-corrected chi connectivity index (χ0v) is 10.8. The highest BCUT2D eigenvalue weighted by Crippen LogP contribution is 2.34. The van der Waals surface area contributed by atoms with Crippen LogP contribution in [0.5, 0.6) is 0 Å². The molecular weight excluding hydrogens is 305 g/mol. The van der Waals surface area contributed by atoms with Crippen LogP contribution in [-0.4, -0.2) is 29.2 Å². The van der Waals surface area contributed by atoms with Crippen LogP contribution in [-0.2, 0) is 4.74 Å². The van der Waals surface area contributed by atoms with E-state index in [4.69, 9.17) is 4.74 Å². The molecular formula is C10H14IN3O. The minimum atomic E-state index is 0.0202. The monoisotopic (exact) mass is 319 g/mol. The third-order valence-corrected chi connectivity index (χ3v) is 3.44. The first-order valence-electron chi connectivity index (χ1n) is 5.01. The first-order valence-corrected chi connectivity index (χ1v) is 6.09. The minimum absolute atomic E-state index is 0.0202. The highest BCUT2D eigenvalue weighted by molar-refractivity contribution is 14.1. The van der Waals surface area contributed by atoms with Gasteiger partial charge in [-0.3, -0.25) is 0 Å². The molecule has 4 nitrogen and oxygen atoms in total. The molecule has 1 aliphatic carbocycles. The van der Waals surface area contributed by atoms with Crippen LogP contribution in [0, 0.1) is 3.57 Å². The Morgan fingerprint density at radius 2 is 2.13 bits per heavy atom. The van der Waals surface area contributed by atoms with Gasteiger partial charge in [0.15, 0.2) is 0 Å². The molecule has 15 heavy (non-hydrogen) atoms. The summed E-state index contributed by atoms with van der Waals surface area (Å²) in [6, 6.07) is 0. The van der Waals surface area contributed by atoms with E-state index >= 15 is 0 Å². The number of rotatable bonds is 4. The van der Waals surface area contributed by atoms with Crippen LogP contribution in [0.2, 0.25) is 0 Å². The van der Waals surface area contributed by atoms with Crippen molar-refractivity contribution in [3.05, 3.63) is 16.0 Å². The van der Waals surface area contributed by atoms with Crippen LogP contribution in [0.4, 0.5) is 5.95 Å². The lowest BCUT2D eigenvalue weighted by Gasteiger charge is -2.40. The van der Waals surface area contributed by atoms with Crippen molar-refractivity contribution in [2.45, 2.75) is 24.9 Å². The molecule has 0 spiro atoms. The Kier molecular flexibility index (Phi) is 3.40. The molecule has 1 saturated carbocycles. The molecule has 0 radical (unpaired) electrons. The Balaban J connectivity index is 1.90. The number of aromatic nitrogens is 2. The summed E-state index contributed by atoms with van der Waals surface area (Å²) >= 11 is 2.19. The van der Waals surface area contributed by atoms with Gasteiger partial charge in [-0.1, -0.05) is 0 Å². The second-order valence-corrected chi connectivity index (χ2v) is 5.06. The predicted octanol–water partition coefficient (Wildman–Crippen LogP) is 2.06. The van der Waals surface area contributed by atoms with Crippen molar-refractivity contribution in [1.29, 1.82) is 0 Å². The number of ether oxygens (including phenoxy) is 1. The molecule has 1 aliphatic rings. The third-order valence-electron chi connectivity index (χ3n) is 2.89. The van der Waals surface area contributed by atoms with E-state index in [0.717, 1.165) is 23.0 Å². The highest BCUT2D eigenvalue weighted by Gasteiger charge is 2.36. The minimum Gasteiger partial charge on any atom is -0.376 e. The predicted molar refractivity (Wildman–Crippen MR) is 66.8 cm³/mol. The van der Waals surface area contributed by atoms with E-state index in [1.165, 1.54) is 6.42 Å². The lowest BCUT2D eigenvalue weighted by molar-refractivity contribution is -0.0602. The second kappa shape index (κ2) is 4.61. The van der Waals surface area contributed by atoms with Gasteiger partial charge in [-0.15, -0.1) is 0 Å². The van der Waals surface area contributed by atoms with Crippen LogP contribution in [0.15, 0.2) is 12.4 Å². The number of anilines is 1. The molecule has 0 amide bonds. The summed E-state index contributed by atoms with van der Waals surface area (Å²) < 4.78 is 6.54. The molecule has 2 rings (SSSR count). The van der Waals surface area contributed by atoms with E-state index in [0.29, 0.717) is 5.95 Å². The van der Waals surface area contributed by atoms with Crippen molar-refractivity contribution in [1.82, 2.24) is 9.97 Å². The van der Waals surface area contributed by atoms with Gasteiger partial charge in [0.2, 0.25) is 5.95 Å². The zero-order valence-electron chi connectivity index (χ0n) is 8.66. The van der Waals surface area contributed by atoms with Crippen LogP contribution in [0.1, 0.15) is 19.3 Å². The van der Waals surface area contributed by atoms with Gasteiger partial charge in [0.1, 0.15) is 0 Å². The SMILES string of the molecule is COC1(CNc2ncc(I)cn2)CCC1. The smallest absolute Gasteiger partial charge is 0.222 e. The van der Waals surface area contributed by atoms with Crippen LogP contribution in [0.3, 0.4) is 0 Å². The average Bonchev–Trinajstić information content (AvgIpc) is 2.20. The Morgan fingerprint density at radius 3 is 2.60 bits per heavy atom.